The summed E-state index contributed by atoms with van der Waals surface area (Å²) in [7, 11) is 1.71. The van der Waals surface area contributed by atoms with Crippen molar-refractivity contribution in [1.82, 2.24) is 14.8 Å². The summed E-state index contributed by atoms with van der Waals surface area (Å²) >= 11 is 7.66. The van der Waals surface area contributed by atoms with Crippen LogP contribution in [0, 0.1) is 0 Å². The van der Waals surface area contributed by atoms with Gasteiger partial charge >= 0.3 is 0 Å². The molecule has 3 N–H and O–H groups in total. The van der Waals surface area contributed by atoms with E-state index in [1.807, 2.05) is 24.3 Å². The Morgan fingerprint density at radius 1 is 1.25 bits per heavy atom. The summed E-state index contributed by atoms with van der Waals surface area (Å²) in [6.45, 7) is 3.39. The molecule has 0 amide bonds. The number of benzene rings is 1. The first-order valence-electron chi connectivity index (χ1n) is 7.99. The van der Waals surface area contributed by atoms with Crippen LogP contribution < -0.4 is 5.32 Å². The van der Waals surface area contributed by atoms with Crippen molar-refractivity contribution in [1.29, 1.82) is 0 Å². The fraction of sp³-hybridized carbons (Fsp3) is 0.500. The summed E-state index contributed by atoms with van der Waals surface area (Å²) < 4.78 is 7.30. The molecule has 0 spiro atoms. The Labute approximate surface area is 151 Å². The minimum absolute atomic E-state index is 0.207. The maximum atomic E-state index is 8.81. The highest BCUT2D eigenvalue weighted by Crippen LogP contribution is 2.25. The second kappa shape index (κ2) is 10.7. The minimum Gasteiger partial charge on any atom is -0.391 e. The number of rotatable bonds is 11. The predicted molar refractivity (Wildman–Crippen MR) is 96.4 cm³/mol. The lowest BCUT2D eigenvalue weighted by atomic mass is 10.2. The number of thioether (sulfide) groups is 1. The van der Waals surface area contributed by atoms with Gasteiger partial charge in [0.1, 0.15) is 0 Å². The highest BCUT2D eigenvalue weighted by Gasteiger charge is 2.14. The zero-order chi connectivity index (χ0) is 17.2. The smallest absolute Gasteiger partial charge is 0.191 e. The van der Waals surface area contributed by atoms with E-state index in [0.717, 1.165) is 48.4 Å². The summed E-state index contributed by atoms with van der Waals surface area (Å²) in [6, 6.07) is 7.65. The number of methoxy groups -OCH3 is 1. The molecule has 0 unspecified atom stereocenters. The third-order valence-corrected chi connectivity index (χ3v) is 4.69. The minimum atomic E-state index is 0.207. The fourth-order valence-corrected chi connectivity index (χ4v) is 3.27. The molecule has 0 radical (unpaired) electrons. The van der Waals surface area contributed by atoms with Crippen molar-refractivity contribution in [2.75, 3.05) is 39.2 Å². The molecule has 6 nitrogen and oxygen atoms in total. The maximum absolute atomic E-state index is 8.81. The summed E-state index contributed by atoms with van der Waals surface area (Å²) in [5.41, 5.74) is 1.00. The van der Waals surface area contributed by atoms with Gasteiger partial charge < -0.3 is 19.7 Å². The van der Waals surface area contributed by atoms with Crippen LogP contribution in [0.2, 0.25) is 5.02 Å². The molecular formula is C16H24ClN4O2S+. The lowest BCUT2D eigenvalue weighted by Crippen LogP contribution is -2.85. The molecule has 0 aliphatic rings. The van der Waals surface area contributed by atoms with E-state index in [-0.39, 0.29) is 6.61 Å². The van der Waals surface area contributed by atoms with E-state index in [9.17, 15) is 0 Å². The number of nitrogens with two attached hydrogens (primary N) is 1. The molecule has 0 bridgehead atoms. The Hall–Kier alpha value is -1.12. The topological polar surface area (TPSA) is 76.8 Å². The van der Waals surface area contributed by atoms with Crippen molar-refractivity contribution < 1.29 is 15.2 Å². The fourth-order valence-electron chi connectivity index (χ4n) is 2.25. The van der Waals surface area contributed by atoms with E-state index in [1.165, 1.54) is 0 Å². The molecule has 0 fully saturated rings. The lowest BCUT2D eigenvalue weighted by Gasteiger charge is -2.10. The van der Waals surface area contributed by atoms with Crippen LogP contribution in [-0.2, 0) is 11.3 Å². The molecule has 0 aliphatic carbocycles. The summed E-state index contributed by atoms with van der Waals surface area (Å²) in [5, 5.41) is 21.2. The third kappa shape index (κ3) is 5.75. The first kappa shape index (κ1) is 19.2. The number of aliphatic hydroxyl groups excluding tert-OH is 1. The quantitative estimate of drug-likeness (QED) is 0.459. The van der Waals surface area contributed by atoms with Crippen molar-refractivity contribution in [3.05, 3.63) is 29.3 Å². The van der Waals surface area contributed by atoms with E-state index < -0.39 is 0 Å². The number of aromatic nitrogens is 3. The average Bonchev–Trinajstić information content (AvgIpc) is 2.99. The molecule has 132 valence electrons. The van der Waals surface area contributed by atoms with Crippen LogP contribution in [0.5, 0.6) is 0 Å². The number of halogens is 1. The molecule has 0 aliphatic heterocycles. The van der Waals surface area contributed by atoms with Crippen LogP contribution in [0.1, 0.15) is 6.42 Å². The molecule has 0 saturated heterocycles. The monoisotopic (exact) mass is 371 g/mol. The van der Waals surface area contributed by atoms with E-state index in [0.29, 0.717) is 11.6 Å². The molecular weight excluding hydrogens is 348 g/mol. The van der Waals surface area contributed by atoms with Crippen molar-refractivity contribution >= 4 is 23.4 Å². The van der Waals surface area contributed by atoms with Crippen LogP contribution in [-0.4, -0.2) is 59.0 Å². The summed E-state index contributed by atoms with van der Waals surface area (Å²) in [6.07, 6.45) is 0.902. The lowest BCUT2D eigenvalue weighted by molar-refractivity contribution is -0.651. The Kier molecular flexibility index (Phi) is 8.55. The number of hydrogen-bond acceptors (Lipinski definition) is 5. The van der Waals surface area contributed by atoms with Crippen molar-refractivity contribution in [3.63, 3.8) is 0 Å². The number of nitrogens with zero attached hydrogens (tertiary/aromatic N) is 3. The maximum Gasteiger partial charge on any atom is 0.191 e. The van der Waals surface area contributed by atoms with Gasteiger partial charge in [0.25, 0.3) is 0 Å². The summed E-state index contributed by atoms with van der Waals surface area (Å²) in [4.78, 5) is 0. The first-order valence-corrected chi connectivity index (χ1v) is 9.36. The van der Waals surface area contributed by atoms with Gasteiger partial charge in [0.2, 0.25) is 0 Å². The zero-order valence-corrected chi connectivity index (χ0v) is 15.4. The van der Waals surface area contributed by atoms with Crippen molar-refractivity contribution in [3.8, 4) is 11.4 Å². The standard InChI is InChI=1S/C16H23ClN4O2S/c1-23-11-2-9-21-15(13-3-5-14(17)6-4-13)19-20-16(21)24-12-8-18-7-10-22/h3-6,18,22H,2,7-12H2,1H3/p+1. The van der Waals surface area contributed by atoms with Crippen LogP contribution in [0.15, 0.2) is 29.4 Å². The van der Waals surface area contributed by atoms with Gasteiger partial charge in [0, 0.05) is 30.8 Å². The Bertz CT molecular complexity index is 607. The Morgan fingerprint density at radius 2 is 2.04 bits per heavy atom. The number of ether oxygens (including phenoxy) is 1. The zero-order valence-electron chi connectivity index (χ0n) is 13.8. The van der Waals surface area contributed by atoms with Crippen molar-refractivity contribution in [2.24, 2.45) is 0 Å². The molecule has 0 atom stereocenters. The van der Waals surface area contributed by atoms with Crippen LogP contribution in [0.3, 0.4) is 0 Å². The van der Waals surface area contributed by atoms with E-state index in [1.54, 1.807) is 18.9 Å². The largest absolute Gasteiger partial charge is 0.391 e. The number of aliphatic hydroxyl groups is 1. The molecule has 0 saturated carbocycles. The van der Waals surface area contributed by atoms with E-state index >= 15 is 0 Å². The van der Waals surface area contributed by atoms with Gasteiger partial charge in [0.05, 0.1) is 25.4 Å². The number of quaternary nitrogens is 1. The molecule has 2 aromatic rings. The summed E-state index contributed by atoms with van der Waals surface area (Å²) in [5.74, 6) is 1.77. The van der Waals surface area contributed by atoms with E-state index in [4.69, 9.17) is 21.4 Å². The van der Waals surface area contributed by atoms with Gasteiger partial charge in [-0.15, -0.1) is 10.2 Å². The number of hydrogen-bond donors (Lipinski definition) is 2. The molecule has 1 heterocycles. The molecule has 8 heteroatoms. The molecule has 1 aromatic carbocycles. The van der Waals surface area contributed by atoms with Crippen LogP contribution >= 0.6 is 23.4 Å². The normalized spacial score (nSPS) is 11.1. The average molecular weight is 372 g/mol. The van der Waals surface area contributed by atoms with Crippen molar-refractivity contribution in [2.45, 2.75) is 18.1 Å². The van der Waals surface area contributed by atoms with Gasteiger partial charge in [-0.1, -0.05) is 23.4 Å². The molecule has 2 rings (SSSR count). The van der Waals surface area contributed by atoms with Crippen LogP contribution in [0.4, 0.5) is 0 Å². The highest BCUT2D eigenvalue weighted by molar-refractivity contribution is 7.99. The predicted octanol–water partition coefficient (Wildman–Crippen LogP) is 1.28. The van der Waals surface area contributed by atoms with Gasteiger partial charge in [-0.05, 0) is 30.7 Å². The Balaban J connectivity index is 2.09. The van der Waals surface area contributed by atoms with Gasteiger partial charge in [-0.25, -0.2) is 0 Å². The van der Waals surface area contributed by atoms with E-state index in [2.05, 4.69) is 20.1 Å². The van der Waals surface area contributed by atoms with Gasteiger partial charge in [-0.2, -0.15) is 0 Å². The second-order valence-electron chi connectivity index (χ2n) is 5.25. The van der Waals surface area contributed by atoms with Crippen LogP contribution in [0.25, 0.3) is 11.4 Å². The second-order valence-corrected chi connectivity index (χ2v) is 6.75. The highest BCUT2D eigenvalue weighted by atomic mass is 35.5. The molecule has 24 heavy (non-hydrogen) atoms. The van der Waals surface area contributed by atoms with Gasteiger partial charge in [-0.3, -0.25) is 0 Å². The SMILES string of the molecule is COCCCn1c(SCC[NH2+]CCO)nnc1-c1ccc(Cl)cc1. The Morgan fingerprint density at radius 3 is 2.75 bits per heavy atom. The van der Waals surface area contributed by atoms with Gasteiger partial charge in [0.15, 0.2) is 11.0 Å². The first-order chi connectivity index (χ1) is 11.8. The third-order valence-electron chi connectivity index (χ3n) is 3.44. The molecule has 1 aromatic heterocycles.